The number of thiazole rings is 1. The highest BCUT2D eigenvalue weighted by atomic mass is 32.1. The minimum Gasteiger partial charge on any atom is -0.340 e. The first kappa shape index (κ1) is 18.7. The van der Waals surface area contributed by atoms with E-state index >= 15 is 0 Å². The summed E-state index contributed by atoms with van der Waals surface area (Å²) in [6.45, 7) is 0. The number of fused-ring (bicyclic) bond motifs is 3. The summed E-state index contributed by atoms with van der Waals surface area (Å²) < 4.78 is 3.09. The molecule has 1 N–H and O–H groups in total. The van der Waals surface area contributed by atoms with E-state index < -0.39 is 0 Å². The summed E-state index contributed by atoms with van der Waals surface area (Å²) in [5, 5.41) is 11.3. The van der Waals surface area contributed by atoms with Gasteiger partial charge >= 0.3 is 0 Å². The van der Waals surface area contributed by atoms with E-state index in [0.717, 1.165) is 50.1 Å². The van der Waals surface area contributed by atoms with Crippen molar-refractivity contribution >= 4 is 54.9 Å². The number of pyridine rings is 2. The van der Waals surface area contributed by atoms with E-state index in [0.29, 0.717) is 5.92 Å². The Morgan fingerprint density at radius 2 is 1.94 bits per heavy atom. The Morgan fingerprint density at radius 1 is 1.00 bits per heavy atom. The van der Waals surface area contributed by atoms with Crippen LogP contribution in [-0.4, -0.2) is 24.7 Å². The normalized spacial score (nSPS) is 13.8. The lowest BCUT2D eigenvalue weighted by atomic mass is 10.1. The Labute approximate surface area is 194 Å². The predicted octanol–water partition coefficient (Wildman–Crippen LogP) is 6.41. The number of benzene rings is 2. The van der Waals surface area contributed by atoms with Crippen molar-refractivity contribution in [3.05, 3.63) is 72.0 Å². The monoisotopic (exact) mass is 448 g/mol. The number of aromatic nitrogens is 5. The number of anilines is 2. The second-order valence-electron chi connectivity index (χ2n) is 8.60. The summed E-state index contributed by atoms with van der Waals surface area (Å²) in [4.78, 5) is 14.4. The number of hydrogen-bond donors (Lipinski definition) is 1. The van der Waals surface area contributed by atoms with Gasteiger partial charge in [-0.25, -0.2) is 9.97 Å². The average molecular weight is 449 g/mol. The Bertz CT molecular complexity index is 1680. The molecule has 1 saturated carbocycles. The summed E-state index contributed by atoms with van der Waals surface area (Å²) in [7, 11) is 1.95. The number of aryl methyl sites for hydroxylation is 1. The first-order valence-corrected chi connectivity index (χ1v) is 11.9. The lowest BCUT2D eigenvalue weighted by Gasteiger charge is -2.12. The molecular formula is C26H20N6S. The Balaban J connectivity index is 1.32. The lowest BCUT2D eigenvalue weighted by Crippen LogP contribution is -1.98. The standard InChI is InChI=1S/C26H20N6S/c1-32-23-9-6-16(11-17(23)14-28-32)21-13-22-19(3-2-10-27-22)25(30-21)29-18-7-8-20-24(12-18)33-26(31-20)15-4-5-15/h2-3,6-15H,4-5H2,1H3,(H,29,30). The van der Waals surface area contributed by atoms with E-state index in [9.17, 15) is 0 Å². The van der Waals surface area contributed by atoms with Crippen molar-refractivity contribution in [1.82, 2.24) is 24.7 Å². The first-order valence-electron chi connectivity index (χ1n) is 11.1. The van der Waals surface area contributed by atoms with Crippen molar-refractivity contribution in [1.29, 1.82) is 0 Å². The molecule has 1 aliphatic rings. The molecule has 0 bridgehead atoms. The van der Waals surface area contributed by atoms with Crippen molar-refractivity contribution in [2.24, 2.45) is 7.05 Å². The maximum Gasteiger partial charge on any atom is 0.140 e. The molecule has 4 aromatic heterocycles. The van der Waals surface area contributed by atoms with Gasteiger partial charge in [-0.1, -0.05) is 6.07 Å². The molecule has 7 heteroatoms. The minimum atomic E-state index is 0.671. The maximum absolute atomic E-state index is 5.01. The molecule has 0 atom stereocenters. The Kier molecular flexibility index (Phi) is 4.01. The summed E-state index contributed by atoms with van der Waals surface area (Å²) in [5.74, 6) is 1.47. The van der Waals surface area contributed by atoms with Gasteiger partial charge in [-0.2, -0.15) is 5.10 Å². The largest absolute Gasteiger partial charge is 0.340 e. The highest BCUT2D eigenvalue weighted by molar-refractivity contribution is 7.18. The second kappa shape index (κ2) is 7.08. The third-order valence-electron chi connectivity index (χ3n) is 6.24. The minimum absolute atomic E-state index is 0.671. The first-order chi connectivity index (χ1) is 16.2. The zero-order chi connectivity index (χ0) is 21.9. The van der Waals surface area contributed by atoms with E-state index in [1.54, 1.807) is 0 Å². The molecule has 0 spiro atoms. The molecule has 0 aliphatic heterocycles. The van der Waals surface area contributed by atoms with Gasteiger partial charge in [0, 0.05) is 41.2 Å². The molecule has 6 aromatic rings. The van der Waals surface area contributed by atoms with E-state index in [4.69, 9.17) is 9.97 Å². The molecule has 0 saturated heterocycles. The van der Waals surface area contributed by atoms with Crippen molar-refractivity contribution in [3.63, 3.8) is 0 Å². The molecule has 160 valence electrons. The Hall–Kier alpha value is -3.84. The third kappa shape index (κ3) is 3.24. The molecule has 1 fully saturated rings. The molecule has 0 unspecified atom stereocenters. The maximum atomic E-state index is 5.01. The average Bonchev–Trinajstić information content (AvgIpc) is 3.51. The molecule has 7 rings (SSSR count). The van der Waals surface area contributed by atoms with Gasteiger partial charge in [0.15, 0.2) is 0 Å². The van der Waals surface area contributed by atoms with Crippen molar-refractivity contribution in [2.45, 2.75) is 18.8 Å². The van der Waals surface area contributed by atoms with Gasteiger partial charge in [-0.3, -0.25) is 9.67 Å². The summed E-state index contributed by atoms with van der Waals surface area (Å²) in [5.41, 5.74) is 6.00. The van der Waals surface area contributed by atoms with Gasteiger partial charge in [0.05, 0.1) is 38.1 Å². The highest BCUT2D eigenvalue weighted by Crippen LogP contribution is 2.43. The molecule has 33 heavy (non-hydrogen) atoms. The quantitative estimate of drug-likeness (QED) is 0.337. The fraction of sp³-hybridized carbons (Fsp3) is 0.154. The van der Waals surface area contributed by atoms with Crippen LogP contribution in [0.5, 0.6) is 0 Å². The van der Waals surface area contributed by atoms with Gasteiger partial charge in [0.2, 0.25) is 0 Å². The van der Waals surface area contributed by atoms with Crippen LogP contribution >= 0.6 is 11.3 Å². The summed E-state index contributed by atoms with van der Waals surface area (Å²) in [6.07, 6.45) is 6.25. The van der Waals surface area contributed by atoms with Crippen molar-refractivity contribution in [3.8, 4) is 11.3 Å². The van der Waals surface area contributed by atoms with Gasteiger partial charge in [-0.15, -0.1) is 11.3 Å². The van der Waals surface area contributed by atoms with E-state index in [-0.39, 0.29) is 0 Å². The zero-order valence-electron chi connectivity index (χ0n) is 18.0. The molecule has 2 aromatic carbocycles. The van der Waals surface area contributed by atoms with E-state index in [1.807, 2.05) is 47.6 Å². The van der Waals surface area contributed by atoms with Gasteiger partial charge < -0.3 is 5.32 Å². The number of rotatable bonds is 4. The molecule has 1 aliphatic carbocycles. The molecular weight excluding hydrogens is 428 g/mol. The number of hydrogen-bond acceptors (Lipinski definition) is 6. The van der Waals surface area contributed by atoms with Crippen LogP contribution in [0, 0.1) is 0 Å². The predicted molar refractivity (Wildman–Crippen MR) is 134 cm³/mol. The van der Waals surface area contributed by atoms with Crippen LogP contribution in [-0.2, 0) is 7.05 Å². The van der Waals surface area contributed by atoms with Gasteiger partial charge in [0.25, 0.3) is 0 Å². The zero-order valence-corrected chi connectivity index (χ0v) is 18.8. The molecule has 4 heterocycles. The van der Waals surface area contributed by atoms with Crippen LogP contribution in [0.25, 0.3) is 43.3 Å². The highest BCUT2D eigenvalue weighted by Gasteiger charge is 2.27. The van der Waals surface area contributed by atoms with Crippen LogP contribution in [0.15, 0.2) is 67.0 Å². The van der Waals surface area contributed by atoms with Gasteiger partial charge in [0.1, 0.15) is 5.82 Å². The van der Waals surface area contributed by atoms with Crippen molar-refractivity contribution < 1.29 is 0 Å². The van der Waals surface area contributed by atoms with Crippen LogP contribution in [0.4, 0.5) is 11.5 Å². The third-order valence-corrected chi connectivity index (χ3v) is 7.42. The van der Waals surface area contributed by atoms with Crippen LogP contribution in [0.3, 0.4) is 0 Å². The Morgan fingerprint density at radius 3 is 2.85 bits per heavy atom. The number of nitrogens with zero attached hydrogens (tertiary/aromatic N) is 5. The SMILES string of the molecule is Cn1ncc2cc(-c3cc4ncccc4c(Nc4ccc5nc(C6CC6)sc5c4)n3)ccc21. The lowest BCUT2D eigenvalue weighted by molar-refractivity contribution is 0.797. The fourth-order valence-corrected chi connectivity index (χ4v) is 5.48. The summed E-state index contributed by atoms with van der Waals surface area (Å²) >= 11 is 1.81. The van der Waals surface area contributed by atoms with E-state index in [2.05, 4.69) is 57.9 Å². The van der Waals surface area contributed by atoms with Gasteiger partial charge in [-0.05, 0) is 61.4 Å². The number of nitrogens with one attached hydrogen (secondary N) is 1. The van der Waals surface area contributed by atoms with Crippen LogP contribution in [0.1, 0.15) is 23.8 Å². The smallest absolute Gasteiger partial charge is 0.140 e. The van der Waals surface area contributed by atoms with E-state index in [1.165, 1.54) is 22.5 Å². The topological polar surface area (TPSA) is 68.5 Å². The summed E-state index contributed by atoms with van der Waals surface area (Å²) in [6, 6.07) is 18.7. The van der Waals surface area contributed by atoms with Crippen LogP contribution in [0.2, 0.25) is 0 Å². The van der Waals surface area contributed by atoms with Crippen LogP contribution < -0.4 is 5.32 Å². The molecule has 6 nitrogen and oxygen atoms in total. The van der Waals surface area contributed by atoms with Crippen molar-refractivity contribution in [2.75, 3.05) is 5.32 Å². The second-order valence-corrected chi connectivity index (χ2v) is 9.66. The fourth-order valence-electron chi connectivity index (χ4n) is 4.30. The molecule has 0 amide bonds. The molecule has 0 radical (unpaired) electrons.